The summed E-state index contributed by atoms with van der Waals surface area (Å²) in [5, 5.41) is 11.4. The predicted octanol–water partition coefficient (Wildman–Crippen LogP) is 3.36. The van der Waals surface area contributed by atoms with Crippen LogP contribution in [-0.2, 0) is 0 Å². The summed E-state index contributed by atoms with van der Waals surface area (Å²) in [5.74, 6) is 0.907. The minimum absolute atomic E-state index is 0.0231. The van der Waals surface area contributed by atoms with Crippen molar-refractivity contribution in [1.29, 1.82) is 0 Å². The van der Waals surface area contributed by atoms with Crippen LogP contribution in [0.1, 0.15) is 38.8 Å². The van der Waals surface area contributed by atoms with E-state index in [-0.39, 0.29) is 11.0 Å². The highest BCUT2D eigenvalue weighted by molar-refractivity contribution is 6.28. The average molecular weight is 299 g/mol. The minimum Gasteiger partial charge on any atom is -0.348 e. The molecule has 0 radical (unpaired) electrons. The van der Waals surface area contributed by atoms with E-state index in [0.717, 1.165) is 25.8 Å². The van der Waals surface area contributed by atoms with Crippen LogP contribution in [0.2, 0.25) is 5.28 Å². The summed E-state index contributed by atoms with van der Waals surface area (Å²) in [6.45, 7) is 6.63. The number of halogens is 1. The highest BCUT2D eigenvalue weighted by Gasteiger charge is 2.35. The zero-order chi connectivity index (χ0) is 14.9. The number of nitro groups is 1. The van der Waals surface area contributed by atoms with E-state index in [1.165, 1.54) is 0 Å². The monoisotopic (exact) mass is 298 g/mol. The van der Waals surface area contributed by atoms with Gasteiger partial charge in [0.25, 0.3) is 0 Å². The van der Waals surface area contributed by atoms with Crippen LogP contribution in [0.25, 0.3) is 0 Å². The van der Waals surface area contributed by atoms with Crippen molar-refractivity contribution in [2.45, 2.75) is 46.1 Å². The molecule has 0 N–H and O–H groups in total. The van der Waals surface area contributed by atoms with E-state index in [2.05, 4.69) is 23.8 Å². The van der Waals surface area contributed by atoms with Crippen LogP contribution in [0.15, 0.2) is 0 Å². The highest BCUT2D eigenvalue weighted by atomic mass is 35.5. The standard InChI is InChI=1S/C13H19ClN4O2/c1-8(2)6-7-17(10-4-5-10)12-11(18(19)20)9(3)15-13(14)16-12/h8,10H,4-7H2,1-3H3. The quantitative estimate of drug-likeness (QED) is 0.457. The maximum Gasteiger partial charge on any atom is 0.332 e. The van der Waals surface area contributed by atoms with Crippen LogP contribution in [-0.4, -0.2) is 27.5 Å². The van der Waals surface area contributed by atoms with Gasteiger partial charge in [0.05, 0.1) is 4.92 Å². The minimum atomic E-state index is -0.411. The van der Waals surface area contributed by atoms with Gasteiger partial charge in [-0.15, -0.1) is 0 Å². The molecule has 1 fully saturated rings. The van der Waals surface area contributed by atoms with E-state index in [1.807, 2.05) is 4.90 Å². The van der Waals surface area contributed by atoms with Gasteiger partial charge in [-0.3, -0.25) is 10.1 Å². The summed E-state index contributed by atoms with van der Waals surface area (Å²) >= 11 is 5.89. The van der Waals surface area contributed by atoms with Crippen molar-refractivity contribution in [3.8, 4) is 0 Å². The molecule has 110 valence electrons. The van der Waals surface area contributed by atoms with Gasteiger partial charge >= 0.3 is 5.69 Å². The van der Waals surface area contributed by atoms with Crippen LogP contribution < -0.4 is 4.90 Å². The lowest BCUT2D eigenvalue weighted by molar-refractivity contribution is -0.385. The molecule has 1 aliphatic rings. The SMILES string of the molecule is Cc1nc(Cl)nc(N(CCC(C)C)C2CC2)c1[N+](=O)[O-]. The number of anilines is 1. The van der Waals surface area contributed by atoms with Crippen molar-refractivity contribution in [3.63, 3.8) is 0 Å². The van der Waals surface area contributed by atoms with Crippen molar-refractivity contribution in [2.24, 2.45) is 5.92 Å². The van der Waals surface area contributed by atoms with Crippen LogP contribution in [0.3, 0.4) is 0 Å². The predicted molar refractivity (Wildman–Crippen MR) is 78.3 cm³/mol. The summed E-state index contributed by atoms with van der Waals surface area (Å²) in [7, 11) is 0. The van der Waals surface area contributed by atoms with Crippen LogP contribution >= 0.6 is 11.6 Å². The summed E-state index contributed by atoms with van der Waals surface area (Å²) < 4.78 is 0. The van der Waals surface area contributed by atoms with Gasteiger partial charge in [-0.05, 0) is 43.7 Å². The fourth-order valence-electron chi connectivity index (χ4n) is 2.18. The third-order valence-corrected chi connectivity index (χ3v) is 3.57. The average Bonchev–Trinajstić information content (AvgIpc) is 3.11. The second-order valence-corrected chi connectivity index (χ2v) is 5.95. The second kappa shape index (κ2) is 5.91. The molecule has 0 spiro atoms. The van der Waals surface area contributed by atoms with Crippen LogP contribution in [0.4, 0.5) is 11.5 Å². The molecule has 1 heterocycles. The molecule has 0 aliphatic heterocycles. The molecule has 0 aromatic carbocycles. The van der Waals surface area contributed by atoms with Crippen molar-refractivity contribution < 1.29 is 4.92 Å². The Morgan fingerprint density at radius 3 is 2.60 bits per heavy atom. The topological polar surface area (TPSA) is 72.2 Å². The fraction of sp³-hybridized carbons (Fsp3) is 0.692. The number of hydrogen-bond donors (Lipinski definition) is 0. The maximum atomic E-state index is 11.3. The molecule has 1 aromatic rings. The molecule has 1 saturated carbocycles. The number of aryl methyl sites for hydroxylation is 1. The first-order chi connectivity index (χ1) is 9.40. The maximum absolute atomic E-state index is 11.3. The summed E-state index contributed by atoms with van der Waals surface area (Å²) in [6, 6.07) is 0.345. The summed E-state index contributed by atoms with van der Waals surface area (Å²) in [4.78, 5) is 20.9. The number of hydrogen-bond acceptors (Lipinski definition) is 5. The van der Waals surface area contributed by atoms with E-state index in [1.54, 1.807) is 6.92 Å². The number of nitrogens with zero attached hydrogens (tertiary/aromatic N) is 4. The van der Waals surface area contributed by atoms with E-state index in [9.17, 15) is 10.1 Å². The molecule has 1 aliphatic carbocycles. The van der Waals surface area contributed by atoms with Crippen molar-refractivity contribution in [2.75, 3.05) is 11.4 Å². The molecule has 7 heteroatoms. The molecular weight excluding hydrogens is 280 g/mol. The van der Waals surface area contributed by atoms with E-state index >= 15 is 0 Å². The fourth-order valence-corrected chi connectivity index (χ4v) is 2.38. The highest BCUT2D eigenvalue weighted by Crippen LogP contribution is 2.37. The molecule has 6 nitrogen and oxygen atoms in total. The molecule has 0 bridgehead atoms. The first-order valence-corrected chi connectivity index (χ1v) is 7.23. The van der Waals surface area contributed by atoms with Crippen molar-refractivity contribution in [1.82, 2.24) is 9.97 Å². The first kappa shape index (κ1) is 15.0. The van der Waals surface area contributed by atoms with Crippen LogP contribution in [0, 0.1) is 23.0 Å². The zero-order valence-electron chi connectivity index (χ0n) is 12.0. The Kier molecular flexibility index (Phi) is 4.42. The van der Waals surface area contributed by atoms with E-state index < -0.39 is 4.92 Å². The third kappa shape index (κ3) is 3.36. The Balaban J connectivity index is 2.38. The molecule has 2 rings (SSSR count). The summed E-state index contributed by atoms with van der Waals surface area (Å²) in [5.41, 5.74) is 0.297. The molecule has 0 saturated heterocycles. The molecule has 0 atom stereocenters. The molecule has 20 heavy (non-hydrogen) atoms. The number of aromatic nitrogens is 2. The van der Waals surface area contributed by atoms with Gasteiger partial charge < -0.3 is 4.90 Å². The normalized spacial score (nSPS) is 14.7. The van der Waals surface area contributed by atoms with Gasteiger partial charge in [0, 0.05) is 12.6 Å². The Morgan fingerprint density at radius 2 is 2.10 bits per heavy atom. The lowest BCUT2D eigenvalue weighted by atomic mass is 10.1. The lowest BCUT2D eigenvalue weighted by Crippen LogP contribution is -2.29. The Morgan fingerprint density at radius 1 is 1.45 bits per heavy atom. The van der Waals surface area contributed by atoms with E-state index in [0.29, 0.717) is 23.5 Å². The van der Waals surface area contributed by atoms with Gasteiger partial charge in [-0.1, -0.05) is 13.8 Å². The largest absolute Gasteiger partial charge is 0.348 e. The molecule has 0 unspecified atom stereocenters. The Bertz CT molecular complexity index is 517. The third-order valence-electron chi connectivity index (χ3n) is 3.40. The van der Waals surface area contributed by atoms with Gasteiger partial charge in [0.1, 0.15) is 5.69 Å². The van der Waals surface area contributed by atoms with E-state index in [4.69, 9.17) is 11.6 Å². The van der Waals surface area contributed by atoms with Gasteiger partial charge in [-0.2, -0.15) is 4.98 Å². The first-order valence-electron chi connectivity index (χ1n) is 6.85. The van der Waals surface area contributed by atoms with Gasteiger partial charge in [0.2, 0.25) is 11.1 Å². The molecule has 0 amide bonds. The smallest absolute Gasteiger partial charge is 0.332 e. The van der Waals surface area contributed by atoms with Gasteiger partial charge in [-0.25, -0.2) is 4.98 Å². The van der Waals surface area contributed by atoms with Crippen molar-refractivity contribution in [3.05, 3.63) is 21.1 Å². The Labute approximate surface area is 123 Å². The lowest BCUT2D eigenvalue weighted by Gasteiger charge is -2.24. The number of rotatable bonds is 6. The summed E-state index contributed by atoms with van der Waals surface area (Å²) in [6.07, 6.45) is 3.07. The molecule has 1 aromatic heterocycles. The van der Waals surface area contributed by atoms with Crippen LogP contribution in [0.5, 0.6) is 0 Å². The second-order valence-electron chi connectivity index (χ2n) is 5.61. The van der Waals surface area contributed by atoms with Gasteiger partial charge in [0.15, 0.2) is 0 Å². The Hall–Kier alpha value is -1.43. The zero-order valence-corrected chi connectivity index (χ0v) is 12.7. The van der Waals surface area contributed by atoms with Crippen molar-refractivity contribution >= 4 is 23.1 Å². The molecular formula is C13H19ClN4O2.